The second kappa shape index (κ2) is 11.0. The molecule has 4 heteroatoms. The summed E-state index contributed by atoms with van der Waals surface area (Å²) in [6, 6.07) is 0. The first-order valence-electron chi connectivity index (χ1n) is 8.02. The summed E-state index contributed by atoms with van der Waals surface area (Å²) in [5, 5.41) is 0. The molecule has 126 valence electrons. The largest absolute Gasteiger partial charge is 0.462 e. The van der Waals surface area contributed by atoms with E-state index in [-0.39, 0.29) is 24.6 Å². The molecule has 4 nitrogen and oxygen atoms in total. The van der Waals surface area contributed by atoms with Crippen molar-refractivity contribution in [2.75, 3.05) is 6.61 Å². The van der Waals surface area contributed by atoms with Gasteiger partial charge in [-0.3, -0.25) is 0 Å². The quantitative estimate of drug-likeness (QED) is 0.424. The molecule has 0 aromatic heterocycles. The van der Waals surface area contributed by atoms with Gasteiger partial charge in [-0.1, -0.05) is 46.3 Å². The van der Waals surface area contributed by atoms with E-state index in [0.717, 1.165) is 32.1 Å². The maximum Gasteiger partial charge on any atom is 0.333 e. The van der Waals surface area contributed by atoms with Crippen molar-refractivity contribution in [2.45, 2.75) is 65.9 Å². The minimum atomic E-state index is -0.401. The Bertz CT molecular complexity index is 398. The monoisotopic (exact) mass is 310 g/mol. The van der Waals surface area contributed by atoms with Crippen molar-refractivity contribution in [3.8, 4) is 0 Å². The van der Waals surface area contributed by atoms with Crippen molar-refractivity contribution in [3.05, 3.63) is 24.3 Å². The van der Waals surface area contributed by atoms with Crippen LogP contribution in [0.2, 0.25) is 0 Å². The van der Waals surface area contributed by atoms with Gasteiger partial charge in [-0.15, -0.1) is 0 Å². The Morgan fingerprint density at radius 2 is 1.55 bits per heavy atom. The summed E-state index contributed by atoms with van der Waals surface area (Å²) < 4.78 is 10.8. The van der Waals surface area contributed by atoms with Crippen LogP contribution in [0.1, 0.15) is 59.8 Å². The molecule has 0 spiro atoms. The molecule has 0 fully saturated rings. The average molecular weight is 310 g/mol. The van der Waals surface area contributed by atoms with Crippen LogP contribution in [0.15, 0.2) is 24.3 Å². The van der Waals surface area contributed by atoms with Crippen LogP contribution in [0, 0.1) is 5.92 Å². The first kappa shape index (κ1) is 20.4. The highest BCUT2D eigenvalue weighted by atomic mass is 16.6. The van der Waals surface area contributed by atoms with Crippen molar-refractivity contribution in [1.29, 1.82) is 0 Å². The summed E-state index contributed by atoms with van der Waals surface area (Å²) >= 11 is 0. The molecule has 0 aliphatic heterocycles. The van der Waals surface area contributed by atoms with Crippen LogP contribution in [0.3, 0.4) is 0 Å². The highest BCUT2D eigenvalue weighted by molar-refractivity contribution is 5.87. The molecule has 0 saturated heterocycles. The van der Waals surface area contributed by atoms with E-state index in [1.54, 1.807) is 13.8 Å². The molecule has 0 aliphatic rings. The molecule has 0 amide bonds. The normalized spacial score (nSPS) is 13.1. The summed E-state index contributed by atoms with van der Waals surface area (Å²) in [4.78, 5) is 23.4. The molecular weight excluding hydrogens is 280 g/mol. The second-order valence-electron chi connectivity index (χ2n) is 5.79. The van der Waals surface area contributed by atoms with E-state index in [1.165, 1.54) is 0 Å². The molecular formula is C18H30O4. The topological polar surface area (TPSA) is 52.6 Å². The van der Waals surface area contributed by atoms with E-state index in [2.05, 4.69) is 27.0 Å². The Labute approximate surface area is 134 Å². The van der Waals surface area contributed by atoms with Gasteiger partial charge in [0.25, 0.3) is 0 Å². The van der Waals surface area contributed by atoms with Crippen LogP contribution >= 0.6 is 0 Å². The van der Waals surface area contributed by atoms with Gasteiger partial charge in [0.15, 0.2) is 0 Å². The van der Waals surface area contributed by atoms with Crippen molar-refractivity contribution in [1.82, 2.24) is 0 Å². The van der Waals surface area contributed by atoms with Crippen LogP contribution in [0.25, 0.3) is 0 Å². The van der Waals surface area contributed by atoms with E-state index in [1.807, 2.05) is 0 Å². The SMILES string of the molecule is C=C(C)C(=O)OCC(CCC)C(CCCC)OC(=O)C(=C)C. The lowest BCUT2D eigenvalue weighted by atomic mass is 9.94. The van der Waals surface area contributed by atoms with Crippen LogP contribution in [0.5, 0.6) is 0 Å². The zero-order chi connectivity index (χ0) is 17.1. The second-order valence-corrected chi connectivity index (χ2v) is 5.79. The number of carbonyl (C=O) groups excluding carboxylic acids is 2. The van der Waals surface area contributed by atoms with Crippen molar-refractivity contribution >= 4 is 11.9 Å². The first-order chi connectivity index (χ1) is 10.3. The summed E-state index contributed by atoms with van der Waals surface area (Å²) in [6.45, 7) is 14.8. The molecule has 2 unspecified atom stereocenters. The van der Waals surface area contributed by atoms with Crippen molar-refractivity contribution in [2.24, 2.45) is 5.92 Å². The molecule has 0 N–H and O–H groups in total. The highest BCUT2D eigenvalue weighted by Crippen LogP contribution is 2.22. The molecule has 0 heterocycles. The molecule has 22 heavy (non-hydrogen) atoms. The van der Waals surface area contributed by atoms with Gasteiger partial charge in [-0.05, 0) is 26.7 Å². The molecule has 0 rings (SSSR count). The average Bonchev–Trinajstić information content (AvgIpc) is 2.46. The van der Waals surface area contributed by atoms with E-state index in [0.29, 0.717) is 11.1 Å². The van der Waals surface area contributed by atoms with Crippen molar-refractivity contribution in [3.63, 3.8) is 0 Å². The molecule has 0 saturated carbocycles. The Hall–Kier alpha value is -1.58. The van der Waals surface area contributed by atoms with Crippen LogP contribution < -0.4 is 0 Å². The van der Waals surface area contributed by atoms with Crippen LogP contribution in [-0.4, -0.2) is 24.6 Å². The predicted octanol–water partition coefficient (Wildman–Crippen LogP) is 4.20. The third-order valence-corrected chi connectivity index (χ3v) is 3.41. The minimum absolute atomic E-state index is 0.00292. The summed E-state index contributed by atoms with van der Waals surface area (Å²) in [6.07, 6.45) is 4.27. The van der Waals surface area contributed by atoms with E-state index in [4.69, 9.17) is 9.47 Å². The molecule has 0 aromatic carbocycles. The number of hydrogen-bond donors (Lipinski definition) is 0. The van der Waals surface area contributed by atoms with Gasteiger partial charge in [0.05, 0.1) is 6.61 Å². The Balaban J connectivity index is 4.87. The van der Waals surface area contributed by atoms with Gasteiger partial charge in [0, 0.05) is 17.1 Å². The smallest absolute Gasteiger partial charge is 0.333 e. The fourth-order valence-electron chi connectivity index (χ4n) is 2.09. The van der Waals surface area contributed by atoms with Gasteiger partial charge >= 0.3 is 11.9 Å². The third-order valence-electron chi connectivity index (χ3n) is 3.41. The number of rotatable bonds is 11. The van der Waals surface area contributed by atoms with Crippen LogP contribution in [0.4, 0.5) is 0 Å². The maximum atomic E-state index is 11.8. The summed E-state index contributed by atoms with van der Waals surface area (Å²) in [5.41, 5.74) is 0.759. The zero-order valence-corrected chi connectivity index (χ0v) is 14.4. The summed E-state index contributed by atoms with van der Waals surface area (Å²) in [7, 11) is 0. The maximum absolute atomic E-state index is 11.8. The number of carbonyl (C=O) groups is 2. The Morgan fingerprint density at radius 3 is 2.00 bits per heavy atom. The van der Waals surface area contributed by atoms with Crippen LogP contribution in [-0.2, 0) is 19.1 Å². The predicted molar refractivity (Wildman–Crippen MR) is 88.4 cm³/mol. The fraction of sp³-hybridized carbons (Fsp3) is 0.667. The lowest BCUT2D eigenvalue weighted by Crippen LogP contribution is -2.31. The molecule has 0 radical (unpaired) electrons. The van der Waals surface area contributed by atoms with Gasteiger partial charge in [0.1, 0.15) is 6.10 Å². The molecule has 0 aliphatic carbocycles. The Kier molecular flexibility index (Phi) is 10.3. The fourth-order valence-corrected chi connectivity index (χ4v) is 2.09. The molecule has 0 aromatic rings. The molecule has 2 atom stereocenters. The number of esters is 2. The van der Waals surface area contributed by atoms with Gasteiger partial charge in [-0.25, -0.2) is 9.59 Å². The van der Waals surface area contributed by atoms with Crippen molar-refractivity contribution < 1.29 is 19.1 Å². The number of hydrogen-bond acceptors (Lipinski definition) is 4. The highest BCUT2D eigenvalue weighted by Gasteiger charge is 2.26. The Morgan fingerprint density at radius 1 is 0.955 bits per heavy atom. The number of unbranched alkanes of at least 4 members (excludes halogenated alkanes) is 1. The lowest BCUT2D eigenvalue weighted by Gasteiger charge is -2.27. The van der Waals surface area contributed by atoms with Gasteiger partial charge in [0.2, 0.25) is 0 Å². The molecule has 0 bridgehead atoms. The third kappa shape index (κ3) is 8.01. The van der Waals surface area contributed by atoms with Gasteiger partial charge < -0.3 is 9.47 Å². The van der Waals surface area contributed by atoms with Gasteiger partial charge in [-0.2, -0.15) is 0 Å². The van der Waals surface area contributed by atoms with E-state index in [9.17, 15) is 9.59 Å². The number of ether oxygens (including phenoxy) is 2. The lowest BCUT2D eigenvalue weighted by molar-refractivity contribution is -0.151. The zero-order valence-electron chi connectivity index (χ0n) is 14.4. The minimum Gasteiger partial charge on any atom is -0.462 e. The summed E-state index contributed by atoms with van der Waals surface area (Å²) in [5.74, 6) is -0.779. The van der Waals surface area contributed by atoms with E-state index >= 15 is 0 Å². The first-order valence-corrected chi connectivity index (χ1v) is 8.02. The standard InChI is InChI=1S/C18H30O4/c1-7-9-11-16(22-18(20)14(5)6)15(10-8-2)12-21-17(19)13(3)4/h15-16H,3,5,7-12H2,1-2,4,6H3. The van der Waals surface area contributed by atoms with E-state index < -0.39 is 5.97 Å².